The zero-order valence-corrected chi connectivity index (χ0v) is 15.1. The molecule has 0 bridgehead atoms. The Kier molecular flexibility index (Phi) is 4.90. The largest absolute Gasteiger partial charge is 0.352 e. The van der Waals surface area contributed by atoms with Crippen LogP contribution >= 0.6 is 0 Å². The van der Waals surface area contributed by atoms with Gasteiger partial charge in [-0.15, -0.1) is 0 Å². The van der Waals surface area contributed by atoms with Gasteiger partial charge in [-0.2, -0.15) is 0 Å². The fraction of sp³-hybridized carbons (Fsp3) is 0.105. The SMILES string of the molecule is Cc1ccc(S(=O)(=O)Nc2ccc(Nc3ccccc3F)cn2)cc1C. The van der Waals surface area contributed by atoms with Gasteiger partial charge in [0.15, 0.2) is 0 Å². The first-order chi connectivity index (χ1) is 12.3. The lowest BCUT2D eigenvalue weighted by molar-refractivity contribution is 0.601. The molecule has 2 aromatic carbocycles. The summed E-state index contributed by atoms with van der Waals surface area (Å²) < 4.78 is 41.0. The van der Waals surface area contributed by atoms with Crippen LogP contribution in [0.4, 0.5) is 21.6 Å². The minimum absolute atomic E-state index is 0.177. The third-order valence-corrected chi connectivity index (χ3v) is 5.30. The maximum atomic E-state index is 13.7. The summed E-state index contributed by atoms with van der Waals surface area (Å²) in [5.74, 6) is -0.200. The van der Waals surface area contributed by atoms with Crippen molar-refractivity contribution in [2.45, 2.75) is 18.7 Å². The lowest BCUT2D eigenvalue weighted by Gasteiger charge is -2.10. The van der Waals surface area contributed by atoms with Gasteiger partial charge in [-0.1, -0.05) is 18.2 Å². The normalized spacial score (nSPS) is 11.2. The van der Waals surface area contributed by atoms with E-state index in [1.165, 1.54) is 18.3 Å². The Morgan fingerprint density at radius 2 is 1.73 bits per heavy atom. The first-order valence-corrected chi connectivity index (χ1v) is 9.41. The smallest absolute Gasteiger partial charge is 0.263 e. The van der Waals surface area contributed by atoms with E-state index in [1.54, 1.807) is 42.5 Å². The number of para-hydroxylation sites is 1. The highest BCUT2D eigenvalue weighted by Gasteiger charge is 2.15. The molecule has 0 amide bonds. The number of sulfonamides is 1. The highest BCUT2D eigenvalue weighted by Crippen LogP contribution is 2.21. The Bertz CT molecular complexity index is 1030. The van der Waals surface area contributed by atoms with Crippen molar-refractivity contribution in [1.29, 1.82) is 0 Å². The maximum Gasteiger partial charge on any atom is 0.263 e. The van der Waals surface area contributed by atoms with Crippen LogP contribution in [-0.2, 0) is 10.0 Å². The molecule has 134 valence electrons. The summed E-state index contributed by atoms with van der Waals surface area (Å²) in [6.45, 7) is 3.78. The Morgan fingerprint density at radius 3 is 2.38 bits per heavy atom. The molecule has 1 aromatic heterocycles. The topological polar surface area (TPSA) is 71.1 Å². The third-order valence-electron chi connectivity index (χ3n) is 3.94. The van der Waals surface area contributed by atoms with Gasteiger partial charge in [-0.05, 0) is 61.4 Å². The molecule has 5 nitrogen and oxygen atoms in total. The highest BCUT2D eigenvalue weighted by molar-refractivity contribution is 7.92. The first-order valence-electron chi connectivity index (χ1n) is 7.93. The zero-order chi connectivity index (χ0) is 18.7. The predicted molar refractivity (Wildman–Crippen MR) is 101 cm³/mol. The molecule has 3 aromatic rings. The Balaban J connectivity index is 1.76. The molecule has 26 heavy (non-hydrogen) atoms. The van der Waals surface area contributed by atoms with Crippen LogP contribution in [0.15, 0.2) is 65.7 Å². The molecule has 0 aliphatic carbocycles. The molecule has 7 heteroatoms. The van der Waals surface area contributed by atoms with E-state index < -0.39 is 10.0 Å². The van der Waals surface area contributed by atoms with Crippen molar-refractivity contribution in [3.05, 3.63) is 77.7 Å². The molecule has 0 atom stereocenters. The molecular formula is C19H18FN3O2S. The van der Waals surface area contributed by atoms with E-state index in [4.69, 9.17) is 0 Å². The van der Waals surface area contributed by atoms with E-state index in [-0.39, 0.29) is 16.5 Å². The second-order valence-corrected chi connectivity index (χ2v) is 7.57. The average Bonchev–Trinajstić information content (AvgIpc) is 2.60. The van der Waals surface area contributed by atoms with Gasteiger partial charge in [0.1, 0.15) is 11.6 Å². The lowest BCUT2D eigenvalue weighted by atomic mass is 10.1. The average molecular weight is 371 g/mol. The summed E-state index contributed by atoms with van der Waals surface area (Å²) in [5.41, 5.74) is 2.78. The Labute approximate surface area is 152 Å². The molecule has 0 unspecified atom stereocenters. The minimum Gasteiger partial charge on any atom is -0.352 e. The molecule has 0 spiro atoms. The lowest BCUT2D eigenvalue weighted by Crippen LogP contribution is -2.14. The number of benzene rings is 2. The van der Waals surface area contributed by atoms with Gasteiger partial charge >= 0.3 is 0 Å². The maximum absolute atomic E-state index is 13.7. The molecule has 0 saturated carbocycles. The summed E-state index contributed by atoms with van der Waals surface area (Å²) in [4.78, 5) is 4.26. The van der Waals surface area contributed by atoms with Gasteiger partial charge in [0, 0.05) is 0 Å². The van der Waals surface area contributed by atoms with Crippen molar-refractivity contribution in [2.24, 2.45) is 0 Å². The van der Waals surface area contributed by atoms with Gasteiger partial charge < -0.3 is 5.32 Å². The van der Waals surface area contributed by atoms with E-state index >= 15 is 0 Å². The van der Waals surface area contributed by atoms with Crippen LogP contribution in [0.25, 0.3) is 0 Å². The van der Waals surface area contributed by atoms with Crippen molar-refractivity contribution in [2.75, 3.05) is 10.0 Å². The number of nitrogens with one attached hydrogen (secondary N) is 2. The van der Waals surface area contributed by atoms with Crippen LogP contribution in [0.5, 0.6) is 0 Å². The fourth-order valence-corrected chi connectivity index (χ4v) is 3.42. The Morgan fingerprint density at radius 1 is 0.962 bits per heavy atom. The molecule has 0 aliphatic rings. The van der Waals surface area contributed by atoms with Crippen LogP contribution in [0.2, 0.25) is 0 Å². The van der Waals surface area contributed by atoms with Crippen LogP contribution in [-0.4, -0.2) is 13.4 Å². The van der Waals surface area contributed by atoms with Crippen molar-refractivity contribution in [3.8, 4) is 0 Å². The quantitative estimate of drug-likeness (QED) is 0.698. The zero-order valence-electron chi connectivity index (χ0n) is 14.3. The number of pyridine rings is 1. The number of rotatable bonds is 5. The summed E-state index contributed by atoms with van der Waals surface area (Å²) in [6, 6.07) is 14.3. The van der Waals surface area contributed by atoms with E-state index in [1.807, 2.05) is 13.8 Å². The summed E-state index contributed by atoms with van der Waals surface area (Å²) in [6.07, 6.45) is 1.44. The molecular weight excluding hydrogens is 353 g/mol. The van der Waals surface area contributed by atoms with Crippen molar-refractivity contribution < 1.29 is 12.8 Å². The van der Waals surface area contributed by atoms with Gasteiger partial charge in [-0.3, -0.25) is 4.72 Å². The number of hydrogen-bond acceptors (Lipinski definition) is 4. The van der Waals surface area contributed by atoms with Gasteiger partial charge in [0.05, 0.1) is 22.5 Å². The number of hydrogen-bond donors (Lipinski definition) is 2. The number of halogens is 1. The Hall–Kier alpha value is -2.93. The minimum atomic E-state index is -3.72. The van der Waals surface area contributed by atoms with Gasteiger partial charge in [0.25, 0.3) is 10.0 Å². The van der Waals surface area contributed by atoms with E-state index in [0.29, 0.717) is 11.4 Å². The van der Waals surface area contributed by atoms with Gasteiger partial charge in [0.2, 0.25) is 0 Å². The predicted octanol–water partition coefficient (Wildman–Crippen LogP) is 4.38. The van der Waals surface area contributed by atoms with E-state index in [9.17, 15) is 12.8 Å². The number of aryl methyl sites for hydroxylation is 2. The van der Waals surface area contributed by atoms with E-state index in [0.717, 1.165) is 11.1 Å². The third kappa shape index (κ3) is 4.00. The summed E-state index contributed by atoms with van der Waals surface area (Å²) in [5, 5.41) is 2.89. The second kappa shape index (κ2) is 7.13. The van der Waals surface area contributed by atoms with E-state index in [2.05, 4.69) is 15.0 Å². The molecule has 0 aliphatic heterocycles. The second-order valence-electron chi connectivity index (χ2n) is 5.89. The molecule has 2 N–H and O–H groups in total. The highest BCUT2D eigenvalue weighted by atomic mass is 32.2. The monoisotopic (exact) mass is 371 g/mol. The molecule has 3 rings (SSSR count). The molecule has 0 radical (unpaired) electrons. The van der Waals surface area contributed by atoms with Crippen molar-refractivity contribution in [3.63, 3.8) is 0 Å². The van der Waals surface area contributed by atoms with Crippen LogP contribution in [0.3, 0.4) is 0 Å². The van der Waals surface area contributed by atoms with Crippen LogP contribution in [0, 0.1) is 19.7 Å². The number of anilines is 3. The number of aromatic nitrogens is 1. The summed E-state index contributed by atoms with van der Waals surface area (Å²) >= 11 is 0. The van der Waals surface area contributed by atoms with Crippen molar-refractivity contribution >= 4 is 27.2 Å². The van der Waals surface area contributed by atoms with Crippen molar-refractivity contribution in [1.82, 2.24) is 4.98 Å². The standard InChI is InChI=1S/C19H18FN3O2S/c1-13-7-9-16(11-14(13)2)26(24,25)23-19-10-8-15(12-21-19)22-18-6-4-3-5-17(18)20/h3-12,22H,1-2H3,(H,21,23). The summed E-state index contributed by atoms with van der Waals surface area (Å²) in [7, 11) is -3.72. The number of nitrogens with zero attached hydrogens (tertiary/aromatic N) is 1. The molecule has 0 saturated heterocycles. The van der Waals surface area contributed by atoms with Gasteiger partial charge in [-0.25, -0.2) is 17.8 Å². The van der Waals surface area contributed by atoms with Crippen LogP contribution in [0.1, 0.15) is 11.1 Å². The fourth-order valence-electron chi connectivity index (χ4n) is 2.32. The van der Waals surface area contributed by atoms with Crippen LogP contribution < -0.4 is 10.0 Å². The molecule has 1 heterocycles. The molecule has 0 fully saturated rings. The first kappa shape index (κ1) is 17.9.